The second-order valence-corrected chi connectivity index (χ2v) is 8.42. The third kappa shape index (κ3) is 6.01. The summed E-state index contributed by atoms with van der Waals surface area (Å²) < 4.78 is 43.5. The fraction of sp³-hybridized carbons (Fsp3) is 0.333. The number of nitrogens with one attached hydrogen (secondary N) is 1. The Morgan fingerprint density at radius 1 is 1.16 bits per heavy atom. The largest absolute Gasteiger partial charge is 0.488 e. The minimum absolute atomic E-state index is 0.0577. The zero-order valence-corrected chi connectivity index (χ0v) is 18.3. The van der Waals surface area contributed by atoms with Gasteiger partial charge in [-0.05, 0) is 39.0 Å². The Balaban J connectivity index is 1.80. The Kier molecular flexibility index (Phi) is 7.09. The van der Waals surface area contributed by atoms with Gasteiger partial charge in [0.1, 0.15) is 16.9 Å². The van der Waals surface area contributed by atoms with E-state index in [-0.39, 0.29) is 12.1 Å². The molecule has 32 heavy (non-hydrogen) atoms. The summed E-state index contributed by atoms with van der Waals surface area (Å²) in [5.41, 5.74) is 1.26. The molecule has 7 nitrogen and oxygen atoms in total. The Morgan fingerprint density at radius 2 is 1.84 bits per heavy atom. The molecule has 2 unspecified atom stereocenters. The maximum Gasteiger partial charge on any atom is 0.451 e. The molecule has 2 heterocycles. The highest BCUT2D eigenvalue weighted by molar-refractivity contribution is 7.14. The molecule has 0 bridgehead atoms. The molecule has 2 N–H and O–H groups in total. The third-order valence-electron chi connectivity index (χ3n) is 4.45. The van der Waals surface area contributed by atoms with E-state index in [1.807, 2.05) is 6.92 Å². The zero-order chi connectivity index (χ0) is 23.5. The highest BCUT2D eigenvalue weighted by Crippen LogP contribution is 2.30. The van der Waals surface area contributed by atoms with Gasteiger partial charge in [0.15, 0.2) is 0 Å². The molecule has 2 atom stereocenters. The van der Waals surface area contributed by atoms with E-state index in [1.165, 1.54) is 17.4 Å². The van der Waals surface area contributed by atoms with Crippen LogP contribution >= 0.6 is 11.3 Å². The molecule has 1 aromatic carbocycles. The summed E-state index contributed by atoms with van der Waals surface area (Å²) in [5, 5.41) is 13.1. The first-order valence-corrected chi connectivity index (χ1v) is 10.4. The van der Waals surface area contributed by atoms with E-state index in [1.54, 1.807) is 32.2 Å². The van der Waals surface area contributed by atoms with Crippen molar-refractivity contribution in [3.8, 4) is 16.3 Å². The van der Waals surface area contributed by atoms with E-state index in [0.717, 1.165) is 17.3 Å². The highest BCUT2D eigenvalue weighted by Gasteiger charge is 2.34. The lowest BCUT2D eigenvalue weighted by Crippen LogP contribution is -2.26. The number of aromatic nitrogens is 3. The van der Waals surface area contributed by atoms with Crippen molar-refractivity contribution in [2.75, 3.05) is 0 Å². The van der Waals surface area contributed by atoms with Gasteiger partial charge < -0.3 is 15.2 Å². The van der Waals surface area contributed by atoms with Crippen LogP contribution in [-0.2, 0) is 12.7 Å². The molecule has 0 aliphatic rings. The molecule has 0 saturated carbocycles. The van der Waals surface area contributed by atoms with Crippen LogP contribution in [0.3, 0.4) is 0 Å². The molecule has 0 saturated heterocycles. The molecule has 0 fully saturated rings. The molecular formula is C21H21F3N4O3S. The van der Waals surface area contributed by atoms with Crippen LogP contribution in [0.2, 0.25) is 0 Å². The molecule has 170 valence electrons. The van der Waals surface area contributed by atoms with Crippen LogP contribution in [0.25, 0.3) is 10.6 Å². The summed E-state index contributed by atoms with van der Waals surface area (Å²) in [6, 6.07) is 4.91. The van der Waals surface area contributed by atoms with Crippen LogP contribution in [0.4, 0.5) is 13.2 Å². The van der Waals surface area contributed by atoms with Crippen molar-refractivity contribution in [2.45, 2.75) is 45.7 Å². The van der Waals surface area contributed by atoms with Gasteiger partial charge in [0, 0.05) is 46.7 Å². The van der Waals surface area contributed by atoms with Gasteiger partial charge in [0.05, 0.1) is 6.10 Å². The van der Waals surface area contributed by atoms with Gasteiger partial charge in [-0.15, -0.1) is 11.3 Å². The maximum absolute atomic E-state index is 12.8. The monoisotopic (exact) mass is 466 g/mol. The number of benzene rings is 1. The normalized spacial score (nSPS) is 13.5. The Hall–Kier alpha value is -3.05. The van der Waals surface area contributed by atoms with Crippen molar-refractivity contribution >= 4 is 17.2 Å². The third-order valence-corrected chi connectivity index (χ3v) is 5.41. The molecule has 3 aromatic rings. The average Bonchev–Trinajstić information content (AvgIpc) is 3.17. The lowest BCUT2D eigenvalue weighted by Gasteiger charge is -2.18. The standard InChI is InChI=1S/C21H21F3N4O3S/c1-11-7-26-19(32-11)16-4-15(5-17(6-16)31-13(3)12(2)29)18(30)25-8-14-9-27-20(28-10-14)21(22,23)24/h4-7,9-10,12-13,29H,8H2,1-3H3,(H,25,30). The molecule has 0 aliphatic heterocycles. The van der Waals surface area contributed by atoms with Crippen molar-refractivity contribution in [1.29, 1.82) is 0 Å². The lowest BCUT2D eigenvalue weighted by molar-refractivity contribution is -0.145. The van der Waals surface area contributed by atoms with Crippen molar-refractivity contribution < 1.29 is 27.8 Å². The summed E-state index contributed by atoms with van der Waals surface area (Å²) in [6.07, 6.45) is -2.11. The van der Waals surface area contributed by atoms with E-state index in [0.29, 0.717) is 21.9 Å². The average molecular weight is 466 g/mol. The molecule has 11 heteroatoms. The Bertz CT molecular complexity index is 1080. The number of halogens is 3. The van der Waals surface area contributed by atoms with Crippen LogP contribution in [-0.4, -0.2) is 38.2 Å². The van der Waals surface area contributed by atoms with Crippen molar-refractivity contribution in [2.24, 2.45) is 0 Å². The van der Waals surface area contributed by atoms with Gasteiger partial charge in [0.2, 0.25) is 5.82 Å². The maximum atomic E-state index is 12.8. The minimum Gasteiger partial charge on any atom is -0.488 e. The number of amides is 1. The Labute approximate surface area is 186 Å². The summed E-state index contributed by atoms with van der Waals surface area (Å²) in [7, 11) is 0. The fourth-order valence-electron chi connectivity index (χ4n) is 2.60. The molecule has 0 spiro atoms. The van der Waals surface area contributed by atoms with E-state index in [2.05, 4.69) is 20.3 Å². The number of alkyl halides is 3. The summed E-state index contributed by atoms with van der Waals surface area (Å²) in [4.78, 5) is 24.6. The number of aliphatic hydroxyl groups is 1. The second kappa shape index (κ2) is 9.61. The topological polar surface area (TPSA) is 97.2 Å². The minimum atomic E-state index is -4.63. The fourth-order valence-corrected chi connectivity index (χ4v) is 3.35. The van der Waals surface area contributed by atoms with Gasteiger partial charge >= 0.3 is 6.18 Å². The van der Waals surface area contributed by atoms with E-state index >= 15 is 0 Å². The molecular weight excluding hydrogens is 445 g/mol. The Morgan fingerprint density at radius 3 is 2.41 bits per heavy atom. The first kappa shape index (κ1) is 23.6. The summed E-state index contributed by atoms with van der Waals surface area (Å²) in [5.74, 6) is -1.32. The van der Waals surface area contributed by atoms with E-state index in [9.17, 15) is 23.1 Å². The molecule has 0 radical (unpaired) electrons. The predicted molar refractivity (Wildman–Crippen MR) is 112 cm³/mol. The van der Waals surface area contributed by atoms with Crippen LogP contribution in [0.1, 0.15) is 40.5 Å². The van der Waals surface area contributed by atoms with Crippen LogP contribution in [0.5, 0.6) is 5.75 Å². The van der Waals surface area contributed by atoms with Crippen molar-refractivity contribution in [1.82, 2.24) is 20.3 Å². The number of nitrogens with zero attached hydrogens (tertiary/aromatic N) is 3. The number of ether oxygens (including phenoxy) is 1. The van der Waals surface area contributed by atoms with Gasteiger partial charge in [-0.2, -0.15) is 13.2 Å². The molecule has 2 aromatic heterocycles. The first-order valence-electron chi connectivity index (χ1n) is 9.62. The number of hydrogen-bond donors (Lipinski definition) is 2. The number of aliphatic hydroxyl groups excluding tert-OH is 1. The van der Waals surface area contributed by atoms with Crippen LogP contribution in [0.15, 0.2) is 36.8 Å². The molecule has 3 rings (SSSR count). The lowest BCUT2D eigenvalue weighted by atomic mass is 10.1. The van der Waals surface area contributed by atoms with Gasteiger partial charge in [0.25, 0.3) is 5.91 Å². The van der Waals surface area contributed by atoms with E-state index in [4.69, 9.17) is 4.74 Å². The van der Waals surface area contributed by atoms with E-state index < -0.39 is 30.1 Å². The van der Waals surface area contributed by atoms with Crippen molar-refractivity contribution in [3.63, 3.8) is 0 Å². The predicted octanol–water partition coefficient (Wildman–Crippen LogP) is 4.01. The molecule has 0 aliphatic carbocycles. The number of rotatable bonds is 7. The number of carbonyl (C=O) groups excluding carboxylic acids is 1. The summed E-state index contributed by atoms with van der Waals surface area (Å²) in [6.45, 7) is 5.16. The van der Waals surface area contributed by atoms with Gasteiger partial charge in [-0.1, -0.05) is 0 Å². The zero-order valence-electron chi connectivity index (χ0n) is 17.5. The van der Waals surface area contributed by atoms with Gasteiger partial charge in [-0.25, -0.2) is 15.0 Å². The van der Waals surface area contributed by atoms with Crippen molar-refractivity contribution in [3.05, 3.63) is 58.6 Å². The molecule has 1 amide bonds. The number of hydrogen-bond acceptors (Lipinski definition) is 7. The highest BCUT2D eigenvalue weighted by atomic mass is 32.1. The number of carbonyl (C=O) groups is 1. The SMILES string of the molecule is Cc1cnc(-c2cc(OC(C)C(C)O)cc(C(=O)NCc3cnc(C(F)(F)F)nc3)c2)s1. The number of aryl methyl sites for hydroxylation is 1. The van der Waals surface area contributed by atoms with Gasteiger partial charge in [-0.3, -0.25) is 4.79 Å². The quantitative estimate of drug-likeness (QED) is 0.546. The smallest absolute Gasteiger partial charge is 0.451 e. The summed E-state index contributed by atoms with van der Waals surface area (Å²) >= 11 is 1.45. The van der Waals surface area contributed by atoms with Crippen LogP contribution in [0, 0.1) is 6.92 Å². The number of thiazole rings is 1. The second-order valence-electron chi connectivity index (χ2n) is 7.18. The first-order chi connectivity index (χ1) is 15.0. The van der Waals surface area contributed by atoms with Crippen LogP contribution < -0.4 is 10.1 Å².